The summed E-state index contributed by atoms with van der Waals surface area (Å²) in [5, 5.41) is 9.48. The van der Waals surface area contributed by atoms with Crippen molar-refractivity contribution in [1.29, 1.82) is 0 Å². The van der Waals surface area contributed by atoms with Crippen LogP contribution in [0.5, 0.6) is 5.75 Å². The van der Waals surface area contributed by atoms with Crippen molar-refractivity contribution in [3.05, 3.63) is 27.7 Å². The molecule has 0 aliphatic rings. The summed E-state index contributed by atoms with van der Waals surface area (Å²) in [6.45, 7) is 3.88. The molecule has 0 saturated carbocycles. The van der Waals surface area contributed by atoms with E-state index in [-0.39, 0.29) is 11.3 Å². The second kappa shape index (κ2) is 4.12. The number of pyridine rings is 1. The highest BCUT2D eigenvalue weighted by Gasteiger charge is 2.05. The van der Waals surface area contributed by atoms with Crippen LogP contribution in [0.25, 0.3) is 0 Å². The monoisotopic (exact) mass is 181 g/mol. The summed E-state index contributed by atoms with van der Waals surface area (Å²) < 4.78 is 0. The van der Waals surface area contributed by atoms with Crippen molar-refractivity contribution in [3.63, 3.8) is 0 Å². The Morgan fingerprint density at radius 2 is 2.15 bits per heavy atom. The van der Waals surface area contributed by atoms with Crippen molar-refractivity contribution in [2.75, 3.05) is 0 Å². The van der Waals surface area contributed by atoms with Gasteiger partial charge in [-0.3, -0.25) is 4.79 Å². The molecule has 0 atom stereocenters. The molecule has 3 nitrogen and oxygen atoms in total. The fourth-order valence-electron chi connectivity index (χ4n) is 1.37. The number of hydrogen-bond acceptors (Lipinski definition) is 2. The fourth-order valence-corrected chi connectivity index (χ4v) is 1.37. The van der Waals surface area contributed by atoms with Gasteiger partial charge < -0.3 is 10.1 Å². The summed E-state index contributed by atoms with van der Waals surface area (Å²) in [5.74, 6) is 0.120. The van der Waals surface area contributed by atoms with E-state index in [0.717, 1.165) is 18.5 Å². The lowest BCUT2D eigenvalue weighted by molar-refractivity contribution is 0.465. The molecule has 0 radical (unpaired) electrons. The molecule has 0 aromatic carbocycles. The van der Waals surface area contributed by atoms with Crippen molar-refractivity contribution >= 4 is 0 Å². The molecule has 0 bridgehead atoms. The van der Waals surface area contributed by atoms with Crippen molar-refractivity contribution in [2.45, 2.75) is 33.1 Å². The summed E-state index contributed by atoms with van der Waals surface area (Å²) in [5.41, 5.74) is 1.12. The Morgan fingerprint density at radius 3 is 2.62 bits per heavy atom. The van der Waals surface area contributed by atoms with Gasteiger partial charge in [-0.15, -0.1) is 0 Å². The van der Waals surface area contributed by atoms with Crippen molar-refractivity contribution in [3.8, 4) is 5.75 Å². The van der Waals surface area contributed by atoms with Gasteiger partial charge in [0.15, 0.2) is 0 Å². The number of rotatable bonds is 3. The second-order valence-electron chi connectivity index (χ2n) is 3.09. The van der Waals surface area contributed by atoms with Gasteiger partial charge in [0.05, 0.1) is 5.56 Å². The molecule has 0 saturated heterocycles. The first-order chi connectivity index (χ1) is 6.19. The van der Waals surface area contributed by atoms with E-state index in [9.17, 15) is 9.90 Å². The molecule has 0 fully saturated rings. The molecule has 0 aliphatic carbocycles. The Labute approximate surface area is 77.4 Å². The lowest BCUT2D eigenvalue weighted by atomic mass is 10.1. The van der Waals surface area contributed by atoms with Crippen LogP contribution >= 0.6 is 0 Å². The normalized spacial score (nSPS) is 10.3. The molecule has 3 heteroatoms. The quantitative estimate of drug-likeness (QED) is 0.744. The number of aromatic nitrogens is 1. The first-order valence-corrected chi connectivity index (χ1v) is 4.63. The Hall–Kier alpha value is -1.25. The first kappa shape index (κ1) is 9.84. The van der Waals surface area contributed by atoms with Crippen molar-refractivity contribution < 1.29 is 5.11 Å². The van der Waals surface area contributed by atoms with E-state index < -0.39 is 0 Å². The predicted octanol–water partition coefficient (Wildman–Crippen LogP) is 1.60. The molecular weight excluding hydrogens is 166 g/mol. The SMILES string of the molecule is CCCc1cc(O)c(CC)c(=O)[nH]1. The average molecular weight is 181 g/mol. The molecule has 0 amide bonds. The van der Waals surface area contributed by atoms with E-state index in [2.05, 4.69) is 4.98 Å². The molecule has 1 rings (SSSR count). The minimum Gasteiger partial charge on any atom is -0.507 e. The third kappa shape index (κ3) is 2.11. The Morgan fingerprint density at radius 1 is 1.46 bits per heavy atom. The molecule has 72 valence electrons. The maximum absolute atomic E-state index is 11.4. The van der Waals surface area contributed by atoms with E-state index in [1.165, 1.54) is 0 Å². The number of nitrogens with one attached hydrogen (secondary N) is 1. The lowest BCUT2D eigenvalue weighted by Crippen LogP contribution is -2.13. The summed E-state index contributed by atoms with van der Waals surface area (Å²) in [6, 6.07) is 1.64. The fraction of sp³-hybridized carbons (Fsp3) is 0.500. The van der Waals surface area contributed by atoms with E-state index in [0.29, 0.717) is 12.0 Å². The molecule has 1 heterocycles. The number of aromatic hydroxyl groups is 1. The molecular formula is C10H15NO2. The van der Waals surface area contributed by atoms with Gasteiger partial charge in [0.1, 0.15) is 5.75 Å². The molecule has 0 aliphatic heterocycles. The van der Waals surface area contributed by atoms with E-state index in [1.807, 2.05) is 13.8 Å². The van der Waals surface area contributed by atoms with Gasteiger partial charge in [-0.1, -0.05) is 20.3 Å². The highest BCUT2D eigenvalue weighted by Crippen LogP contribution is 2.14. The molecule has 0 unspecified atom stereocenters. The summed E-state index contributed by atoms with van der Waals surface area (Å²) in [7, 11) is 0. The Kier molecular flexibility index (Phi) is 3.12. The maximum atomic E-state index is 11.4. The van der Waals surface area contributed by atoms with Crippen LogP contribution in [0.3, 0.4) is 0 Å². The zero-order chi connectivity index (χ0) is 9.84. The maximum Gasteiger partial charge on any atom is 0.255 e. The van der Waals surface area contributed by atoms with Gasteiger partial charge in [0.25, 0.3) is 5.56 Å². The average Bonchev–Trinajstić information content (AvgIpc) is 2.04. The van der Waals surface area contributed by atoms with Gasteiger partial charge in [-0.05, 0) is 18.9 Å². The third-order valence-corrected chi connectivity index (χ3v) is 2.04. The van der Waals surface area contributed by atoms with Crippen LogP contribution in [0, 0.1) is 0 Å². The minimum atomic E-state index is -0.161. The zero-order valence-electron chi connectivity index (χ0n) is 8.05. The van der Waals surface area contributed by atoms with Crippen molar-refractivity contribution in [1.82, 2.24) is 4.98 Å². The van der Waals surface area contributed by atoms with Crippen LogP contribution in [0.4, 0.5) is 0 Å². The highest BCUT2D eigenvalue weighted by molar-refractivity contribution is 5.31. The molecule has 2 N–H and O–H groups in total. The second-order valence-corrected chi connectivity index (χ2v) is 3.09. The third-order valence-electron chi connectivity index (χ3n) is 2.04. The number of aromatic amines is 1. The van der Waals surface area contributed by atoms with Gasteiger partial charge in [-0.25, -0.2) is 0 Å². The van der Waals surface area contributed by atoms with Crippen LogP contribution in [0.2, 0.25) is 0 Å². The highest BCUT2D eigenvalue weighted by atomic mass is 16.3. The zero-order valence-corrected chi connectivity index (χ0v) is 8.05. The molecule has 1 aromatic rings. The molecule has 1 aromatic heterocycles. The van der Waals surface area contributed by atoms with E-state index in [4.69, 9.17) is 0 Å². The van der Waals surface area contributed by atoms with Crippen LogP contribution in [0.15, 0.2) is 10.9 Å². The van der Waals surface area contributed by atoms with Gasteiger partial charge >= 0.3 is 0 Å². The largest absolute Gasteiger partial charge is 0.507 e. The van der Waals surface area contributed by atoms with E-state index >= 15 is 0 Å². The van der Waals surface area contributed by atoms with E-state index in [1.54, 1.807) is 6.07 Å². The first-order valence-electron chi connectivity index (χ1n) is 4.63. The Balaban J connectivity index is 3.13. The summed E-state index contributed by atoms with van der Waals surface area (Å²) >= 11 is 0. The Bertz CT molecular complexity index is 341. The van der Waals surface area contributed by atoms with Crippen LogP contribution in [0.1, 0.15) is 31.5 Å². The minimum absolute atomic E-state index is 0.120. The van der Waals surface area contributed by atoms with Gasteiger partial charge in [0, 0.05) is 5.69 Å². The summed E-state index contributed by atoms with van der Waals surface area (Å²) in [4.78, 5) is 14.1. The van der Waals surface area contributed by atoms with Gasteiger partial charge in [-0.2, -0.15) is 0 Å². The van der Waals surface area contributed by atoms with Crippen LogP contribution < -0.4 is 5.56 Å². The molecule has 13 heavy (non-hydrogen) atoms. The lowest BCUT2D eigenvalue weighted by Gasteiger charge is -2.03. The van der Waals surface area contributed by atoms with Crippen molar-refractivity contribution in [2.24, 2.45) is 0 Å². The standard InChI is InChI=1S/C10H15NO2/c1-3-5-7-6-9(12)8(4-2)10(13)11-7/h6H,3-5H2,1-2H3,(H2,11,12,13). The van der Waals surface area contributed by atoms with Crippen LogP contribution in [-0.4, -0.2) is 10.1 Å². The van der Waals surface area contributed by atoms with Gasteiger partial charge in [0.2, 0.25) is 0 Å². The number of aryl methyl sites for hydroxylation is 1. The number of H-pyrrole nitrogens is 1. The predicted molar refractivity (Wildman–Crippen MR) is 52.1 cm³/mol. The topological polar surface area (TPSA) is 53.1 Å². The van der Waals surface area contributed by atoms with Crippen LogP contribution in [-0.2, 0) is 12.8 Å². The summed E-state index contributed by atoms with van der Waals surface area (Å²) in [6.07, 6.45) is 2.32. The molecule has 0 spiro atoms. The number of hydrogen-bond donors (Lipinski definition) is 2. The smallest absolute Gasteiger partial charge is 0.255 e.